The number of aromatic nitrogens is 1. The lowest BCUT2D eigenvalue weighted by Gasteiger charge is -2.33. The summed E-state index contributed by atoms with van der Waals surface area (Å²) in [7, 11) is 0. The first kappa shape index (κ1) is 12.8. The molecule has 1 fully saturated rings. The number of hydrogen-bond donors (Lipinski definition) is 0. The first-order chi connectivity index (χ1) is 9.60. The van der Waals surface area contributed by atoms with Crippen LogP contribution in [0.4, 0.5) is 0 Å². The van der Waals surface area contributed by atoms with Gasteiger partial charge in [-0.05, 0) is 12.5 Å². The van der Waals surface area contributed by atoms with E-state index in [0.29, 0.717) is 5.76 Å². The van der Waals surface area contributed by atoms with Crippen molar-refractivity contribution in [3.8, 4) is 0 Å². The molecular formula is C16H15NO3. The van der Waals surface area contributed by atoms with Crippen LogP contribution in [0.5, 0.6) is 0 Å². The molecule has 1 aromatic heterocycles. The lowest BCUT2D eigenvalue weighted by molar-refractivity contribution is -0.131. The smallest absolute Gasteiger partial charge is 0.148 e. The van der Waals surface area contributed by atoms with Crippen molar-refractivity contribution in [3.63, 3.8) is 0 Å². The molecule has 3 rings (SSSR count). The molecule has 20 heavy (non-hydrogen) atoms. The Kier molecular flexibility index (Phi) is 3.01. The monoisotopic (exact) mass is 269 g/mol. The van der Waals surface area contributed by atoms with E-state index in [1.807, 2.05) is 43.3 Å². The first-order valence-electron chi connectivity index (χ1n) is 6.63. The highest BCUT2D eigenvalue weighted by molar-refractivity contribution is 6.03. The standard InChI is InChI=1S/C16H15NO3/c1-11-7-15(20-17-11)16(12-5-3-2-4-6-12)9-13(18)8-14(19)10-16/h2-7H,8-10H2,1H3. The summed E-state index contributed by atoms with van der Waals surface area (Å²) in [5.74, 6) is 0.515. The van der Waals surface area contributed by atoms with Crippen LogP contribution in [-0.4, -0.2) is 16.7 Å². The Morgan fingerprint density at radius 3 is 2.30 bits per heavy atom. The van der Waals surface area contributed by atoms with Crippen LogP contribution in [0.2, 0.25) is 0 Å². The number of aryl methyl sites for hydroxylation is 1. The van der Waals surface area contributed by atoms with Gasteiger partial charge in [-0.1, -0.05) is 35.5 Å². The van der Waals surface area contributed by atoms with Gasteiger partial charge in [-0.3, -0.25) is 9.59 Å². The molecule has 0 unspecified atom stereocenters. The Balaban J connectivity index is 2.17. The Hall–Kier alpha value is -2.23. The van der Waals surface area contributed by atoms with Crippen LogP contribution in [0, 0.1) is 6.92 Å². The van der Waals surface area contributed by atoms with Crippen LogP contribution in [0.1, 0.15) is 36.3 Å². The molecule has 0 N–H and O–H groups in total. The van der Waals surface area contributed by atoms with E-state index in [4.69, 9.17) is 4.52 Å². The van der Waals surface area contributed by atoms with Crippen molar-refractivity contribution >= 4 is 11.6 Å². The fourth-order valence-electron chi connectivity index (χ4n) is 2.95. The molecular weight excluding hydrogens is 254 g/mol. The second kappa shape index (κ2) is 4.71. The Bertz CT molecular complexity index is 641. The van der Waals surface area contributed by atoms with Gasteiger partial charge in [0.1, 0.15) is 17.3 Å². The van der Waals surface area contributed by atoms with Crippen LogP contribution >= 0.6 is 0 Å². The van der Waals surface area contributed by atoms with Gasteiger partial charge in [0.2, 0.25) is 0 Å². The molecule has 0 aliphatic heterocycles. The van der Waals surface area contributed by atoms with Crippen molar-refractivity contribution < 1.29 is 14.1 Å². The van der Waals surface area contributed by atoms with Gasteiger partial charge in [0, 0.05) is 18.9 Å². The van der Waals surface area contributed by atoms with Crippen molar-refractivity contribution in [1.82, 2.24) is 5.16 Å². The maximum Gasteiger partial charge on any atom is 0.148 e. The van der Waals surface area contributed by atoms with Gasteiger partial charge >= 0.3 is 0 Å². The highest BCUT2D eigenvalue weighted by Gasteiger charge is 2.45. The Labute approximate surface area is 116 Å². The van der Waals surface area contributed by atoms with Crippen molar-refractivity contribution in [2.45, 2.75) is 31.6 Å². The number of rotatable bonds is 2. The van der Waals surface area contributed by atoms with E-state index < -0.39 is 5.41 Å². The SMILES string of the molecule is Cc1cc(C2(c3ccccc3)CC(=O)CC(=O)C2)on1. The first-order valence-corrected chi connectivity index (χ1v) is 6.63. The van der Waals surface area contributed by atoms with Crippen LogP contribution in [0.3, 0.4) is 0 Å². The maximum atomic E-state index is 12.0. The molecule has 1 aliphatic rings. The summed E-state index contributed by atoms with van der Waals surface area (Å²) in [6.45, 7) is 1.83. The third kappa shape index (κ3) is 2.07. The molecule has 4 nitrogen and oxygen atoms in total. The van der Waals surface area contributed by atoms with Crippen LogP contribution in [0.15, 0.2) is 40.9 Å². The van der Waals surface area contributed by atoms with E-state index in [0.717, 1.165) is 11.3 Å². The number of carbonyl (C=O) groups excluding carboxylic acids is 2. The lowest BCUT2D eigenvalue weighted by Crippen LogP contribution is -2.38. The number of carbonyl (C=O) groups is 2. The topological polar surface area (TPSA) is 60.2 Å². The van der Waals surface area contributed by atoms with E-state index in [1.54, 1.807) is 0 Å². The minimum absolute atomic E-state index is 0.0295. The summed E-state index contributed by atoms with van der Waals surface area (Å²) < 4.78 is 5.40. The zero-order valence-corrected chi connectivity index (χ0v) is 11.3. The van der Waals surface area contributed by atoms with Gasteiger partial charge < -0.3 is 4.52 Å². The molecule has 4 heteroatoms. The average Bonchev–Trinajstić information content (AvgIpc) is 2.86. The van der Waals surface area contributed by atoms with Crippen molar-refractivity contribution in [3.05, 3.63) is 53.4 Å². The quantitative estimate of drug-likeness (QED) is 0.786. The number of ketones is 2. The molecule has 1 heterocycles. The van der Waals surface area contributed by atoms with E-state index in [1.165, 1.54) is 0 Å². The minimum atomic E-state index is -0.699. The Morgan fingerprint density at radius 2 is 1.75 bits per heavy atom. The number of benzene rings is 1. The average molecular weight is 269 g/mol. The molecule has 1 aliphatic carbocycles. The molecule has 2 aromatic rings. The zero-order chi connectivity index (χ0) is 14.2. The summed E-state index contributed by atoms with van der Waals surface area (Å²) in [4.78, 5) is 23.9. The lowest BCUT2D eigenvalue weighted by atomic mass is 9.67. The molecule has 0 bridgehead atoms. The third-order valence-corrected chi connectivity index (χ3v) is 3.82. The normalized spacial score (nSPS) is 18.2. The molecule has 0 radical (unpaired) electrons. The second-order valence-electron chi connectivity index (χ2n) is 5.39. The van der Waals surface area contributed by atoms with E-state index >= 15 is 0 Å². The van der Waals surface area contributed by atoms with Gasteiger partial charge in [-0.25, -0.2) is 0 Å². The van der Waals surface area contributed by atoms with Crippen molar-refractivity contribution in [1.29, 1.82) is 0 Å². The summed E-state index contributed by atoms with van der Waals surface area (Å²) >= 11 is 0. The third-order valence-electron chi connectivity index (χ3n) is 3.82. The summed E-state index contributed by atoms with van der Waals surface area (Å²) in [6.07, 6.45) is 0.608. The highest BCUT2D eigenvalue weighted by atomic mass is 16.5. The molecule has 1 aromatic carbocycles. The summed E-state index contributed by atoms with van der Waals surface area (Å²) in [5, 5.41) is 3.91. The van der Waals surface area contributed by atoms with Crippen LogP contribution < -0.4 is 0 Å². The van der Waals surface area contributed by atoms with Gasteiger partial charge in [0.15, 0.2) is 0 Å². The largest absolute Gasteiger partial charge is 0.360 e. The number of Topliss-reactive ketones (excluding diaryl/α,β-unsaturated/α-hetero) is 2. The molecule has 0 amide bonds. The fraction of sp³-hybridized carbons (Fsp3) is 0.312. The second-order valence-corrected chi connectivity index (χ2v) is 5.39. The maximum absolute atomic E-state index is 12.0. The predicted octanol–water partition coefficient (Wildman–Crippen LogP) is 2.59. The van der Waals surface area contributed by atoms with Gasteiger partial charge in [-0.15, -0.1) is 0 Å². The summed E-state index contributed by atoms with van der Waals surface area (Å²) in [5.41, 5.74) is 0.980. The minimum Gasteiger partial charge on any atom is -0.360 e. The molecule has 1 saturated carbocycles. The van der Waals surface area contributed by atoms with Crippen LogP contribution in [-0.2, 0) is 15.0 Å². The van der Waals surface area contributed by atoms with Gasteiger partial charge in [-0.2, -0.15) is 0 Å². The van der Waals surface area contributed by atoms with Gasteiger partial charge in [0.25, 0.3) is 0 Å². The molecule has 0 saturated heterocycles. The zero-order valence-electron chi connectivity index (χ0n) is 11.3. The van der Waals surface area contributed by atoms with E-state index in [-0.39, 0.29) is 30.8 Å². The summed E-state index contributed by atoms with van der Waals surface area (Å²) in [6, 6.07) is 11.4. The number of nitrogens with zero attached hydrogens (tertiary/aromatic N) is 1. The number of hydrogen-bond acceptors (Lipinski definition) is 4. The molecule has 102 valence electrons. The molecule has 0 atom stereocenters. The highest BCUT2D eigenvalue weighted by Crippen LogP contribution is 2.42. The molecule has 0 spiro atoms. The van der Waals surface area contributed by atoms with E-state index in [2.05, 4.69) is 5.16 Å². The van der Waals surface area contributed by atoms with Crippen molar-refractivity contribution in [2.24, 2.45) is 0 Å². The Morgan fingerprint density at radius 1 is 1.10 bits per heavy atom. The fourth-order valence-corrected chi connectivity index (χ4v) is 2.95. The van der Waals surface area contributed by atoms with Crippen molar-refractivity contribution in [2.75, 3.05) is 0 Å². The van der Waals surface area contributed by atoms with E-state index in [9.17, 15) is 9.59 Å². The van der Waals surface area contributed by atoms with Crippen LogP contribution in [0.25, 0.3) is 0 Å². The van der Waals surface area contributed by atoms with Gasteiger partial charge in [0.05, 0.1) is 17.5 Å². The predicted molar refractivity (Wildman–Crippen MR) is 72.3 cm³/mol.